The Hall–Kier alpha value is -3.58. The quantitative estimate of drug-likeness (QED) is 0.436. The summed E-state index contributed by atoms with van der Waals surface area (Å²) >= 11 is 1.61. The highest BCUT2D eigenvalue weighted by molar-refractivity contribution is 8.00. The molecule has 1 heterocycles. The summed E-state index contributed by atoms with van der Waals surface area (Å²) in [4.78, 5) is 42.1. The molecule has 4 rings (SSSR count). The van der Waals surface area contributed by atoms with E-state index >= 15 is 0 Å². The van der Waals surface area contributed by atoms with Crippen LogP contribution in [0.4, 0.5) is 5.69 Å². The second-order valence-corrected chi connectivity index (χ2v) is 9.65. The maximum absolute atomic E-state index is 13.0. The van der Waals surface area contributed by atoms with E-state index < -0.39 is 0 Å². The lowest BCUT2D eigenvalue weighted by molar-refractivity contribution is -0.128. The van der Waals surface area contributed by atoms with Gasteiger partial charge in [-0.2, -0.15) is 0 Å². The van der Waals surface area contributed by atoms with Crippen molar-refractivity contribution < 1.29 is 14.4 Å². The van der Waals surface area contributed by atoms with Crippen LogP contribution in [0.3, 0.4) is 0 Å². The molecular weight excluding hydrogens is 470 g/mol. The van der Waals surface area contributed by atoms with E-state index in [-0.39, 0.29) is 23.1 Å². The molecule has 0 spiro atoms. The van der Waals surface area contributed by atoms with Crippen LogP contribution in [-0.2, 0) is 11.2 Å². The van der Waals surface area contributed by atoms with Crippen molar-refractivity contribution >= 4 is 35.2 Å². The van der Waals surface area contributed by atoms with Crippen LogP contribution in [0.1, 0.15) is 51.1 Å². The number of nitrogens with zero attached hydrogens (tertiary/aromatic N) is 2. The Morgan fingerprint density at radius 3 is 2.31 bits per heavy atom. The van der Waals surface area contributed by atoms with Gasteiger partial charge < -0.3 is 15.1 Å². The summed E-state index contributed by atoms with van der Waals surface area (Å²) in [7, 11) is 0. The lowest BCUT2D eigenvalue weighted by atomic mass is 10.1. The second-order valence-electron chi connectivity index (χ2n) is 8.59. The van der Waals surface area contributed by atoms with Gasteiger partial charge in [-0.15, -0.1) is 11.8 Å². The molecule has 0 saturated carbocycles. The van der Waals surface area contributed by atoms with Crippen LogP contribution in [0.2, 0.25) is 0 Å². The molecule has 1 saturated heterocycles. The normalized spacial score (nSPS) is 15.1. The number of amides is 3. The highest BCUT2D eigenvalue weighted by atomic mass is 32.2. The van der Waals surface area contributed by atoms with Gasteiger partial charge in [-0.1, -0.05) is 54.6 Å². The monoisotopic (exact) mass is 501 g/mol. The summed E-state index contributed by atoms with van der Waals surface area (Å²) in [5.41, 5.74) is 3.66. The Bertz CT molecular complexity index is 1210. The summed E-state index contributed by atoms with van der Waals surface area (Å²) in [6.07, 6.45) is 0.801. The van der Waals surface area contributed by atoms with Crippen LogP contribution >= 0.6 is 11.8 Å². The van der Waals surface area contributed by atoms with Crippen LogP contribution in [0.5, 0.6) is 0 Å². The van der Waals surface area contributed by atoms with Crippen LogP contribution in [0.15, 0.2) is 78.9 Å². The first kappa shape index (κ1) is 25.5. The van der Waals surface area contributed by atoms with E-state index in [9.17, 15) is 14.4 Å². The van der Waals surface area contributed by atoms with E-state index in [1.165, 1.54) is 5.56 Å². The molecule has 0 aromatic heterocycles. The summed E-state index contributed by atoms with van der Waals surface area (Å²) in [6, 6.07) is 24.6. The van der Waals surface area contributed by atoms with Gasteiger partial charge in [0.1, 0.15) is 5.37 Å². The summed E-state index contributed by atoms with van der Waals surface area (Å²) < 4.78 is 0. The van der Waals surface area contributed by atoms with Gasteiger partial charge in [0.2, 0.25) is 5.91 Å². The first-order valence-corrected chi connectivity index (χ1v) is 13.3. The van der Waals surface area contributed by atoms with Crippen molar-refractivity contribution in [3.05, 3.63) is 101 Å². The number of benzene rings is 3. The molecule has 7 heteroatoms. The minimum absolute atomic E-state index is 0.0641. The SMILES string of the molecule is CCN(CC)C(=O)c1ccccc1NC(=O)c1ccc([C@H]2SCC(=O)N2CCc2ccccc2)cc1. The molecule has 1 aliphatic heterocycles. The zero-order chi connectivity index (χ0) is 25.5. The van der Waals surface area contributed by atoms with Crippen molar-refractivity contribution in [1.82, 2.24) is 9.80 Å². The minimum atomic E-state index is -0.280. The number of thioether (sulfide) groups is 1. The summed E-state index contributed by atoms with van der Waals surface area (Å²) in [5, 5.41) is 2.83. The number of carbonyl (C=O) groups excluding carboxylic acids is 3. The maximum Gasteiger partial charge on any atom is 0.255 e. The van der Waals surface area contributed by atoms with Crippen LogP contribution in [0, 0.1) is 0 Å². The number of nitrogens with one attached hydrogen (secondary N) is 1. The molecular formula is C29H31N3O3S. The van der Waals surface area contributed by atoms with Gasteiger partial charge in [-0.3, -0.25) is 14.4 Å². The second kappa shape index (κ2) is 11.9. The predicted octanol–water partition coefficient (Wildman–Crippen LogP) is 5.24. The standard InChI is InChI=1S/C29H31N3O3S/c1-3-31(4-2)28(35)24-12-8-9-13-25(24)30-27(34)22-14-16-23(17-15-22)29-32(26(33)20-36-29)19-18-21-10-6-5-7-11-21/h5-17,29H,3-4,18-20H2,1-2H3,(H,30,34)/t29-/m1/s1. The highest BCUT2D eigenvalue weighted by Gasteiger charge is 2.32. The van der Waals surface area contributed by atoms with Crippen molar-refractivity contribution in [3.8, 4) is 0 Å². The highest BCUT2D eigenvalue weighted by Crippen LogP contribution is 2.38. The molecule has 1 N–H and O–H groups in total. The average molecular weight is 502 g/mol. The lowest BCUT2D eigenvalue weighted by Gasteiger charge is -2.24. The molecule has 1 fully saturated rings. The van der Waals surface area contributed by atoms with Crippen molar-refractivity contribution in [2.45, 2.75) is 25.6 Å². The van der Waals surface area contributed by atoms with E-state index in [2.05, 4.69) is 17.4 Å². The van der Waals surface area contributed by atoms with Gasteiger partial charge in [-0.05, 0) is 55.7 Å². The molecule has 3 aromatic carbocycles. The van der Waals surface area contributed by atoms with Crippen LogP contribution in [0.25, 0.3) is 0 Å². The zero-order valence-corrected chi connectivity index (χ0v) is 21.5. The number of rotatable bonds is 9. The van der Waals surface area contributed by atoms with Gasteiger partial charge in [0.05, 0.1) is 17.0 Å². The minimum Gasteiger partial charge on any atom is -0.339 e. The van der Waals surface area contributed by atoms with E-state index in [1.54, 1.807) is 53.1 Å². The number of hydrogen-bond donors (Lipinski definition) is 1. The first-order chi connectivity index (χ1) is 17.5. The lowest BCUT2D eigenvalue weighted by Crippen LogP contribution is -2.31. The predicted molar refractivity (Wildman–Crippen MR) is 145 cm³/mol. The number of anilines is 1. The van der Waals surface area contributed by atoms with E-state index in [0.29, 0.717) is 42.2 Å². The Labute approximate surface area is 216 Å². The molecule has 0 bridgehead atoms. The summed E-state index contributed by atoms with van der Waals surface area (Å²) in [6.45, 7) is 5.72. The number of carbonyl (C=O) groups is 3. The van der Waals surface area contributed by atoms with Crippen molar-refractivity contribution in [2.24, 2.45) is 0 Å². The van der Waals surface area contributed by atoms with Gasteiger partial charge in [0.25, 0.3) is 11.8 Å². The first-order valence-electron chi connectivity index (χ1n) is 12.3. The zero-order valence-electron chi connectivity index (χ0n) is 20.6. The van der Waals surface area contributed by atoms with Crippen molar-refractivity contribution in [1.29, 1.82) is 0 Å². The third-order valence-electron chi connectivity index (χ3n) is 6.37. The molecule has 3 amide bonds. The molecule has 3 aromatic rings. The number of hydrogen-bond acceptors (Lipinski definition) is 4. The molecule has 1 atom stereocenters. The molecule has 0 unspecified atom stereocenters. The van der Waals surface area contributed by atoms with Gasteiger partial charge in [0, 0.05) is 25.2 Å². The Morgan fingerprint density at radius 2 is 1.61 bits per heavy atom. The smallest absolute Gasteiger partial charge is 0.255 e. The Morgan fingerprint density at radius 1 is 0.944 bits per heavy atom. The molecule has 6 nitrogen and oxygen atoms in total. The Balaban J connectivity index is 1.45. The fourth-order valence-corrected chi connectivity index (χ4v) is 5.54. The van der Waals surface area contributed by atoms with Gasteiger partial charge in [0.15, 0.2) is 0 Å². The third-order valence-corrected chi connectivity index (χ3v) is 7.62. The largest absolute Gasteiger partial charge is 0.339 e. The molecule has 36 heavy (non-hydrogen) atoms. The Kier molecular flexibility index (Phi) is 8.44. The molecule has 1 aliphatic rings. The fourth-order valence-electron chi connectivity index (χ4n) is 4.32. The van der Waals surface area contributed by atoms with Crippen LogP contribution in [-0.4, -0.2) is 52.9 Å². The van der Waals surface area contributed by atoms with Crippen LogP contribution < -0.4 is 5.32 Å². The van der Waals surface area contributed by atoms with Crippen molar-refractivity contribution in [2.75, 3.05) is 30.7 Å². The fraction of sp³-hybridized carbons (Fsp3) is 0.276. The topological polar surface area (TPSA) is 69.7 Å². The van der Waals surface area contributed by atoms with Gasteiger partial charge in [-0.25, -0.2) is 0 Å². The molecule has 0 radical (unpaired) electrons. The van der Waals surface area contributed by atoms with E-state index in [4.69, 9.17) is 0 Å². The van der Waals surface area contributed by atoms with Crippen molar-refractivity contribution in [3.63, 3.8) is 0 Å². The summed E-state index contributed by atoms with van der Waals surface area (Å²) in [5.74, 6) is 0.207. The van der Waals surface area contributed by atoms with Gasteiger partial charge >= 0.3 is 0 Å². The van der Waals surface area contributed by atoms with E-state index in [0.717, 1.165) is 12.0 Å². The van der Waals surface area contributed by atoms with E-state index in [1.807, 2.05) is 49.1 Å². The number of para-hydroxylation sites is 1. The molecule has 0 aliphatic carbocycles. The third kappa shape index (κ3) is 5.79. The molecule has 186 valence electrons. The average Bonchev–Trinajstić information content (AvgIpc) is 3.29. The maximum atomic E-state index is 13.0.